The van der Waals surface area contributed by atoms with E-state index in [2.05, 4.69) is 74.3 Å². The summed E-state index contributed by atoms with van der Waals surface area (Å²) in [6.07, 6.45) is 5.08. The van der Waals surface area contributed by atoms with Crippen LogP contribution in [-0.2, 0) is 6.42 Å². The van der Waals surface area contributed by atoms with Crippen molar-refractivity contribution in [2.75, 3.05) is 0 Å². The molecule has 0 spiro atoms. The molecule has 1 atom stereocenters. The van der Waals surface area contributed by atoms with Crippen molar-refractivity contribution < 1.29 is 4.74 Å². The van der Waals surface area contributed by atoms with E-state index in [0.29, 0.717) is 5.92 Å². The summed E-state index contributed by atoms with van der Waals surface area (Å²) < 4.78 is 6.23. The number of hydrogen-bond acceptors (Lipinski definition) is 2. The number of nitrogens with zero attached hydrogens (tertiary/aromatic N) is 1. The average molecular weight is 360 g/mol. The summed E-state index contributed by atoms with van der Waals surface area (Å²) in [7, 11) is 0. The molecule has 0 radical (unpaired) electrons. The van der Waals surface area contributed by atoms with Gasteiger partial charge in [-0.05, 0) is 42.0 Å². The molecule has 0 saturated carbocycles. The lowest BCUT2D eigenvalue weighted by Crippen LogP contribution is -2.07. The van der Waals surface area contributed by atoms with Gasteiger partial charge in [0, 0.05) is 5.56 Å². The molecule has 0 amide bonds. The average Bonchev–Trinajstić information content (AvgIpc) is 2.69. The van der Waals surface area contributed by atoms with Crippen LogP contribution in [0, 0.1) is 5.92 Å². The molecule has 1 aromatic heterocycles. The Kier molecular flexibility index (Phi) is 6.64. The third-order valence-electron chi connectivity index (χ3n) is 4.63. The highest BCUT2D eigenvalue weighted by molar-refractivity contribution is 5.59. The molecule has 1 unspecified atom stereocenters. The largest absolute Gasteiger partial charge is 0.484 e. The standard InChI is InChI=1S/C25H29NO/c1-4-8-25(22-9-6-5-7-10-22)27-23-15-16-24(26-18-23)21-13-11-20(12-14-21)17-19(2)3/h5-7,9-16,18-19,25H,4,8,17H2,1-3H3. The van der Waals surface area contributed by atoms with Gasteiger partial charge in [-0.1, -0.05) is 81.8 Å². The highest BCUT2D eigenvalue weighted by atomic mass is 16.5. The van der Waals surface area contributed by atoms with Gasteiger partial charge in [0.05, 0.1) is 11.9 Å². The van der Waals surface area contributed by atoms with E-state index >= 15 is 0 Å². The fourth-order valence-corrected chi connectivity index (χ4v) is 3.29. The van der Waals surface area contributed by atoms with Gasteiger partial charge in [0.25, 0.3) is 0 Å². The van der Waals surface area contributed by atoms with Crippen molar-refractivity contribution in [3.8, 4) is 17.0 Å². The normalized spacial score (nSPS) is 12.1. The predicted octanol–water partition coefficient (Wildman–Crippen LogP) is 6.87. The molecule has 0 fully saturated rings. The second kappa shape index (κ2) is 9.36. The van der Waals surface area contributed by atoms with Crippen LogP contribution >= 0.6 is 0 Å². The van der Waals surface area contributed by atoms with E-state index in [1.165, 1.54) is 11.1 Å². The van der Waals surface area contributed by atoms with E-state index in [4.69, 9.17) is 4.74 Å². The zero-order valence-electron chi connectivity index (χ0n) is 16.6. The highest BCUT2D eigenvalue weighted by Gasteiger charge is 2.12. The van der Waals surface area contributed by atoms with Gasteiger partial charge in [-0.25, -0.2) is 0 Å². The van der Waals surface area contributed by atoms with Gasteiger partial charge < -0.3 is 4.74 Å². The second-order valence-corrected chi connectivity index (χ2v) is 7.48. The van der Waals surface area contributed by atoms with Crippen molar-refractivity contribution in [1.82, 2.24) is 4.98 Å². The first-order valence-electron chi connectivity index (χ1n) is 9.92. The molecule has 2 aromatic carbocycles. The van der Waals surface area contributed by atoms with Crippen molar-refractivity contribution in [3.05, 3.63) is 84.1 Å². The minimum atomic E-state index is 0.0687. The molecule has 27 heavy (non-hydrogen) atoms. The first kappa shape index (κ1) is 19.2. The topological polar surface area (TPSA) is 22.1 Å². The van der Waals surface area contributed by atoms with Crippen molar-refractivity contribution in [1.29, 1.82) is 0 Å². The van der Waals surface area contributed by atoms with Gasteiger partial charge in [-0.3, -0.25) is 4.98 Å². The summed E-state index contributed by atoms with van der Waals surface area (Å²) in [5.74, 6) is 1.49. The van der Waals surface area contributed by atoms with E-state index in [9.17, 15) is 0 Å². The summed E-state index contributed by atoms with van der Waals surface area (Å²) in [6.45, 7) is 6.68. The van der Waals surface area contributed by atoms with E-state index in [0.717, 1.165) is 36.3 Å². The summed E-state index contributed by atoms with van der Waals surface area (Å²) in [6, 6.07) is 23.2. The lowest BCUT2D eigenvalue weighted by molar-refractivity contribution is 0.193. The van der Waals surface area contributed by atoms with Gasteiger partial charge in [0.2, 0.25) is 0 Å². The van der Waals surface area contributed by atoms with Gasteiger partial charge >= 0.3 is 0 Å². The van der Waals surface area contributed by atoms with Gasteiger partial charge in [0.15, 0.2) is 0 Å². The Bertz CT molecular complexity index is 807. The maximum absolute atomic E-state index is 6.23. The van der Waals surface area contributed by atoms with Crippen molar-refractivity contribution in [2.45, 2.75) is 46.1 Å². The fraction of sp³-hybridized carbons (Fsp3) is 0.320. The Morgan fingerprint density at radius 3 is 2.22 bits per heavy atom. The smallest absolute Gasteiger partial charge is 0.138 e. The first-order valence-corrected chi connectivity index (χ1v) is 9.92. The van der Waals surface area contributed by atoms with Crippen LogP contribution in [0.2, 0.25) is 0 Å². The summed E-state index contributed by atoms with van der Waals surface area (Å²) in [5.41, 5.74) is 4.70. The van der Waals surface area contributed by atoms with Crippen LogP contribution in [0.5, 0.6) is 5.75 Å². The van der Waals surface area contributed by atoms with Crippen LogP contribution in [0.25, 0.3) is 11.3 Å². The summed E-state index contributed by atoms with van der Waals surface area (Å²) in [5, 5.41) is 0. The second-order valence-electron chi connectivity index (χ2n) is 7.48. The molecular weight excluding hydrogens is 330 g/mol. The minimum absolute atomic E-state index is 0.0687. The lowest BCUT2D eigenvalue weighted by Gasteiger charge is -2.19. The Labute approximate surface area is 163 Å². The first-order chi connectivity index (χ1) is 13.2. The number of hydrogen-bond donors (Lipinski definition) is 0. The molecule has 0 aliphatic carbocycles. The van der Waals surface area contributed by atoms with Crippen LogP contribution in [0.3, 0.4) is 0 Å². The van der Waals surface area contributed by atoms with Crippen LogP contribution in [-0.4, -0.2) is 4.98 Å². The molecule has 3 aromatic rings. The Balaban J connectivity index is 1.70. The van der Waals surface area contributed by atoms with Crippen molar-refractivity contribution in [3.63, 3.8) is 0 Å². The van der Waals surface area contributed by atoms with Crippen LogP contribution < -0.4 is 4.74 Å². The number of aromatic nitrogens is 1. The molecule has 2 heteroatoms. The monoisotopic (exact) mass is 359 g/mol. The Morgan fingerprint density at radius 1 is 0.889 bits per heavy atom. The zero-order valence-corrected chi connectivity index (χ0v) is 16.6. The minimum Gasteiger partial charge on any atom is -0.484 e. The molecule has 0 aliphatic rings. The van der Waals surface area contributed by atoms with Crippen LogP contribution in [0.15, 0.2) is 72.9 Å². The third-order valence-corrected chi connectivity index (χ3v) is 4.63. The molecule has 2 nitrogen and oxygen atoms in total. The molecule has 0 aliphatic heterocycles. The molecule has 3 rings (SSSR count). The lowest BCUT2D eigenvalue weighted by atomic mass is 10.0. The fourth-order valence-electron chi connectivity index (χ4n) is 3.29. The Morgan fingerprint density at radius 2 is 1.63 bits per heavy atom. The molecule has 140 valence electrons. The maximum Gasteiger partial charge on any atom is 0.138 e. The molecule has 1 heterocycles. The molecule has 0 bridgehead atoms. The van der Waals surface area contributed by atoms with Crippen LogP contribution in [0.4, 0.5) is 0 Å². The number of pyridine rings is 1. The van der Waals surface area contributed by atoms with E-state index in [-0.39, 0.29) is 6.10 Å². The third kappa shape index (κ3) is 5.43. The Hall–Kier alpha value is -2.61. The predicted molar refractivity (Wildman–Crippen MR) is 113 cm³/mol. The molecule has 0 saturated heterocycles. The summed E-state index contributed by atoms with van der Waals surface area (Å²) in [4.78, 5) is 4.62. The number of rotatable bonds is 8. The van der Waals surface area contributed by atoms with Crippen molar-refractivity contribution >= 4 is 0 Å². The summed E-state index contributed by atoms with van der Waals surface area (Å²) >= 11 is 0. The van der Waals surface area contributed by atoms with Crippen molar-refractivity contribution in [2.24, 2.45) is 5.92 Å². The molecular formula is C25H29NO. The number of ether oxygens (including phenoxy) is 1. The zero-order chi connectivity index (χ0) is 19.1. The van der Waals surface area contributed by atoms with Gasteiger partial charge in [-0.2, -0.15) is 0 Å². The maximum atomic E-state index is 6.23. The van der Waals surface area contributed by atoms with Gasteiger partial charge in [0.1, 0.15) is 11.9 Å². The molecule has 0 N–H and O–H groups in total. The van der Waals surface area contributed by atoms with Crippen LogP contribution in [0.1, 0.15) is 50.8 Å². The SMILES string of the molecule is CCCC(Oc1ccc(-c2ccc(CC(C)C)cc2)nc1)c1ccccc1. The number of benzene rings is 2. The van der Waals surface area contributed by atoms with Gasteiger partial charge in [-0.15, -0.1) is 0 Å². The highest BCUT2D eigenvalue weighted by Crippen LogP contribution is 2.27. The van der Waals surface area contributed by atoms with E-state index in [1.807, 2.05) is 24.4 Å². The van der Waals surface area contributed by atoms with E-state index in [1.54, 1.807) is 0 Å². The quantitative estimate of drug-likeness (QED) is 0.438. The van der Waals surface area contributed by atoms with E-state index < -0.39 is 0 Å².